The van der Waals surface area contributed by atoms with E-state index in [4.69, 9.17) is 4.74 Å². The number of benzene rings is 2. The normalized spacial score (nSPS) is 14.7. The van der Waals surface area contributed by atoms with Gasteiger partial charge in [-0.25, -0.2) is 0 Å². The molecule has 1 fully saturated rings. The van der Waals surface area contributed by atoms with E-state index in [-0.39, 0.29) is 24.0 Å². The molecule has 30 heavy (non-hydrogen) atoms. The van der Waals surface area contributed by atoms with Crippen molar-refractivity contribution in [3.05, 3.63) is 60.2 Å². The van der Waals surface area contributed by atoms with E-state index >= 15 is 0 Å². The quantitative estimate of drug-likeness (QED) is 0.241. The number of halogens is 1. The van der Waals surface area contributed by atoms with Gasteiger partial charge < -0.3 is 20.3 Å². The van der Waals surface area contributed by atoms with Crippen LogP contribution in [0.25, 0.3) is 0 Å². The fourth-order valence-corrected chi connectivity index (χ4v) is 3.57. The molecule has 0 aromatic heterocycles. The van der Waals surface area contributed by atoms with Crippen molar-refractivity contribution in [2.45, 2.75) is 13.0 Å². The Kier molecular flexibility index (Phi) is 10.8. The second-order valence-corrected chi connectivity index (χ2v) is 7.22. The van der Waals surface area contributed by atoms with Crippen LogP contribution in [0.4, 0.5) is 5.69 Å². The van der Waals surface area contributed by atoms with E-state index in [0.717, 1.165) is 63.9 Å². The van der Waals surface area contributed by atoms with Crippen molar-refractivity contribution in [2.75, 3.05) is 58.3 Å². The average Bonchev–Trinajstić information content (AvgIpc) is 2.79. The fourth-order valence-electron chi connectivity index (χ4n) is 3.57. The van der Waals surface area contributed by atoms with E-state index in [1.165, 1.54) is 11.3 Å². The highest BCUT2D eigenvalue weighted by molar-refractivity contribution is 14.0. The number of nitrogens with zero attached hydrogens (tertiary/aromatic N) is 3. The first-order chi connectivity index (χ1) is 14.3. The van der Waals surface area contributed by atoms with E-state index in [1.54, 1.807) is 7.11 Å². The number of hydrogen-bond donors (Lipinski definition) is 2. The summed E-state index contributed by atoms with van der Waals surface area (Å²) < 4.78 is 5.28. The first-order valence-corrected chi connectivity index (χ1v) is 10.4. The van der Waals surface area contributed by atoms with Gasteiger partial charge in [0.15, 0.2) is 5.96 Å². The van der Waals surface area contributed by atoms with Gasteiger partial charge in [0.1, 0.15) is 5.75 Å². The van der Waals surface area contributed by atoms with Crippen molar-refractivity contribution >= 4 is 35.6 Å². The van der Waals surface area contributed by atoms with Crippen LogP contribution in [0.3, 0.4) is 0 Å². The molecule has 3 rings (SSSR count). The Hall–Kier alpha value is -2.00. The molecule has 0 aliphatic carbocycles. The van der Waals surface area contributed by atoms with Gasteiger partial charge in [-0.3, -0.25) is 9.89 Å². The van der Waals surface area contributed by atoms with Crippen molar-refractivity contribution in [1.29, 1.82) is 0 Å². The number of ether oxygens (including phenoxy) is 1. The number of nitrogens with one attached hydrogen (secondary N) is 2. The smallest absolute Gasteiger partial charge is 0.191 e. The predicted molar refractivity (Wildman–Crippen MR) is 136 cm³/mol. The fraction of sp³-hybridized carbons (Fsp3) is 0.435. The zero-order valence-electron chi connectivity index (χ0n) is 18.0. The Morgan fingerprint density at radius 3 is 2.47 bits per heavy atom. The van der Waals surface area contributed by atoms with Crippen molar-refractivity contribution in [3.63, 3.8) is 0 Å². The number of guanidine groups is 1. The summed E-state index contributed by atoms with van der Waals surface area (Å²) in [5, 5.41) is 6.78. The summed E-state index contributed by atoms with van der Waals surface area (Å²) in [4.78, 5) is 9.34. The molecule has 2 aromatic rings. The molecule has 0 saturated carbocycles. The molecule has 1 saturated heterocycles. The van der Waals surface area contributed by atoms with Gasteiger partial charge >= 0.3 is 0 Å². The van der Waals surface area contributed by atoms with Gasteiger partial charge in [-0.15, -0.1) is 24.0 Å². The lowest BCUT2D eigenvalue weighted by atomic mass is 10.2. The average molecular weight is 523 g/mol. The molecule has 2 N–H and O–H groups in total. The third kappa shape index (κ3) is 7.68. The summed E-state index contributed by atoms with van der Waals surface area (Å²) in [5.74, 6) is 1.71. The van der Waals surface area contributed by atoms with Gasteiger partial charge in [-0.05, 0) is 42.8 Å². The second-order valence-electron chi connectivity index (χ2n) is 7.22. The van der Waals surface area contributed by atoms with Crippen molar-refractivity contribution in [3.8, 4) is 5.75 Å². The van der Waals surface area contributed by atoms with Crippen molar-refractivity contribution in [2.24, 2.45) is 4.99 Å². The zero-order valence-corrected chi connectivity index (χ0v) is 20.3. The Morgan fingerprint density at radius 2 is 1.77 bits per heavy atom. The number of aliphatic imine (C=N–C) groups is 1. The first-order valence-electron chi connectivity index (χ1n) is 10.4. The lowest BCUT2D eigenvalue weighted by Crippen LogP contribution is -2.47. The Labute approximate surface area is 197 Å². The van der Waals surface area contributed by atoms with E-state index in [9.17, 15) is 0 Å². The maximum Gasteiger partial charge on any atom is 0.191 e. The Morgan fingerprint density at radius 1 is 1.00 bits per heavy atom. The van der Waals surface area contributed by atoms with Crippen LogP contribution in [0.5, 0.6) is 5.75 Å². The number of anilines is 1. The first kappa shape index (κ1) is 24.3. The molecule has 0 unspecified atom stereocenters. The van der Waals surface area contributed by atoms with E-state index in [2.05, 4.69) is 61.8 Å². The molecular formula is C23H34IN5O. The highest BCUT2D eigenvalue weighted by Crippen LogP contribution is 2.15. The number of rotatable bonds is 8. The van der Waals surface area contributed by atoms with Gasteiger partial charge in [-0.2, -0.15) is 0 Å². The molecule has 1 heterocycles. The Bertz CT molecular complexity index is 763. The van der Waals surface area contributed by atoms with Crippen LogP contribution in [-0.4, -0.2) is 64.3 Å². The summed E-state index contributed by atoms with van der Waals surface area (Å²) in [5.41, 5.74) is 2.50. The van der Waals surface area contributed by atoms with Crippen LogP contribution in [0.15, 0.2) is 59.6 Å². The number of methoxy groups -OCH3 is 1. The standard InChI is InChI=1S/C23H33N5O.HI/c1-24-23(26-19-20-8-6-11-22(18-20)29-2)25-12-7-13-27-14-16-28(17-15-27)21-9-4-3-5-10-21;/h3-6,8-11,18H,7,12-17,19H2,1-2H3,(H2,24,25,26);1H. The van der Waals surface area contributed by atoms with Gasteiger partial charge in [0.05, 0.1) is 7.11 Å². The van der Waals surface area contributed by atoms with E-state index in [0.29, 0.717) is 0 Å². The maximum absolute atomic E-state index is 5.28. The van der Waals surface area contributed by atoms with Crippen LogP contribution >= 0.6 is 24.0 Å². The molecule has 7 heteroatoms. The van der Waals surface area contributed by atoms with E-state index < -0.39 is 0 Å². The molecule has 0 amide bonds. The van der Waals surface area contributed by atoms with Crippen LogP contribution < -0.4 is 20.3 Å². The molecule has 1 aliphatic heterocycles. The minimum absolute atomic E-state index is 0. The lowest BCUT2D eigenvalue weighted by Gasteiger charge is -2.36. The summed E-state index contributed by atoms with van der Waals surface area (Å²) in [6, 6.07) is 18.8. The van der Waals surface area contributed by atoms with Gasteiger partial charge in [0, 0.05) is 52.0 Å². The molecule has 0 radical (unpaired) electrons. The lowest BCUT2D eigenvalue weighted by molar-refractivity contribution is 0.255. The summed E-state index contributed by atoms with van der Waals surface area (Å²) in [6.07, 6.45) is 1.10. The Balaban J connectivity index is 0.00000320. The summed E-state index contributed by atoms with van der Waals surface area (Å²) >= 11 is 0. The zero-order chi connectivity index (χ0) is 20.3. The van der Waals surface area contributed by atoms with Crippen LogP contribution in [0.1, 0.15) is 12.0 Å². The van der Waals surface area contributed by atoms with Crippen molar-refractivity contribution in [1.82, 2.24) is 15.5 Å². The van der Waals surface area contributed by atoms with E-state index in [1.807, 2.05) is 25.2 Å². The minimum atomic E-state index is 0. The predicted octanol–water partition coefficient (Wildman–Crippen LogP) is 3.19. The van der Waals surface area contributed by atoms with Crippen LogP contribution in [0.2, 0.25) is 0 Å². The van der Waals surface area contributed by atoms with Gasteiger partial charge in [0.25, 0.3) is 0 Å². The molecule has 0 spiro atoms. The number of piperazine rings is 1. The van der Waals surface area contributed by atoms with Crippen LogP contribution in [-0.2, 0) is 6.54 Å². The molecule has 1 aliphatic rings. The highest BCUT2D eigenvalue weighted by Gasteiger charge is 2.16. The molecule has 6 nitrogen and oxygen atoms in total. The van der Waals surface area contributed by atoms with Gasteiger partial charge in [-0.1, -0.05) is 30.3 Å². The largest absolute Gasteiger partial charge is 0.497 e. The number of hydrogen-bond acceptors (Lipinski definition) is 4. The maximum atomic E-state index is 5.28. The topological polar surface area (TPSA) is 52.1 Å². The summed E-state index contributed by atoms with van der Waals surface area (Å²) in [6.45, 7) is 7.19. The highest BCUT2D eigenvalue weighted by atomic mass is 127. The summed E-state index contributed by atoms with van der Waals surface area (Å²) in [7, 11) is 3.50. The molecule has 0 atom stereocenters. The third-order valence-electron chi connectivity index (χ3n) is 5.25. The third-order valence-corrected chi connectivity index (χ3v) is 5.25. The molecular weight excluding hydrogens is 489 g/mol. The monoisotopic (exact) mass is 523 g/mol. The van der Waals surface area contributed by atoms with Crippen LogP contribution in [0, 0.1) is 0 Å². The van der Waals surface area contributed by atoms with Crippen molar-refractivity contribution < 1.29 is 4.74 Å². The molecule has 164 valence electrons. The SMILES string of the molecule is CN=C(NCCCN1CCN(c2ccccc2)CC1)NCc1cccc(OC)c1.I. The second kappa shape index (κ2) is 13.3. The minimum Gasteiger partial charge on any atom is -0.497 e. The molecule has 2 aromatic carbocycles. The van der Waals surface area contributed by atoms with Gasteiger partial charge in [0.2, 0.25) is 0 Å². The number of para-hydroxylation sites is 1. The molecule has 0 bridgehead atoms.